The van der Waals surface area contributed by atoms with Crippen molar-refractivity contribution in [3.63, 3.8) is 0 Å². The monoisotopic (exact) mass is 523 g/mol. The molecule has 1 aliphatic heterocycles. The maximum atomic E-state index is 12.4. The Kier molecular flexibility index (Phi) is 5.45. The van der Waals surface area contributed by atoms with Gasteiger partial charge in [-0.15, -0.1) is 0 Å². The van der Waals surface area contributed by atoms with Crippen molar-refractivity contribution in [2.75, 3.05) is 16.8 Å². The molecule has 5 heterocycles. The van der Waals surface area contributed by atoms with Crippen LogP contribution >= 0.6 is 0 Å². The Balaban J connectivity index is 1.30. The summed E-state index contributed by atoms with van der Waals surface area (Å²) in [7, 11) is -3.48. The lowest BCUT2D eigenvalue weighted by Crippen LogP contribution is -2.29. The number of nitrogens with zero attached hydrogens (tertiary/aromatic N) is 8. The molecule has 2 N–H and O–H groups in total. The molecule has 6 rings (SSSR count). The number of nitrogens with one attached hydrogen (secondary N) is 1. The van der Waals surface area contributed by atoms with Gasteiger partial charge in [-0.3, -0.25) is 14.4 Å². The van der Waals surface area contributed by atoms with Crippen molar-refractivity contribution in [2.45, 2.75) is 50.5 Å². The molecule has 1 atom stereocenters. The molecular formula is C23H25N9O4S. The smallest absolute Gasteiger partial charge is 0.257 e. The van der Waals surface area contributed by atoms with Crippen molar-refractivity contribution in [1.29, 1.82) is 0 Å². The predicted octanol–water partition coefficient (Wildman–Crippen LogP) is 1.85. The fraction of sp³-hybridized carbons (Fsp3) is 0.391. The summed E-state index contributed by atoms with van der Waals surface area (Å²) in [6, 6.07) is 3.52. The van der Waals surface area contributed by atoms with Gasteiger partial charge in [0.25, 0.3) is 15.9 Å². The van der Waals surface area contributed by atoms with Crippen LogP contribution in [0, 0.1) is 0 Å². The van der Waals surface area contributed by atoms with Crippen molar-refractivity contribution in [2.24, 2.45) is 0 Å². The number of rotatable bonds is 7. The summed E-state index contributed by atoms with van der Waals surface area (Å²) in [5, 5.41) is 22.1. The first kappa shape index (κ1) is 23.5. The van der Waals surface area contributed by atoms with Crippen LogP contribution in [0.25, 0.3) is 22.3 Å². The Hall–Kier alpha value is -3.91. The zero-order valence-corrected chi connectivity index (χ0v) is 21.0. The summed E-state index contributed by atoms with van der Waals surface area (Å²) in [6.45, 7) is 4.38. The van der Waals surface area contributed by atoms with Crippen molar-refractivity contribution >= 4 is 44.3 Å². The van der Waals surface area contributed by atoms with Gasteiger partial charge in [0.2, 0.25) is 0 Å². The molecule has 0 unspecified atom stereocenters. The molecule has 4 aromatic rings. The molecule has 0 radical (unpaired) electrons. The minimum absolute atomic E-state index is 0.0169. The molecule has 1 amide bonds. The average molecular weight is 524 g/mol. The summed E-state index contributed by atoms with van der Waals surface area (Å²) in [6.07, 6.45) is 6.72. The highest BCUT2D eigenvalue weighted by Crippen LogP contribution is 2.33. The minimum Gasteiger partial charge on any atom is -0.383 e. The second kappa shape index (κ2) is 8.59. The van der Waals surface area contributed by atoms with E-state index in [0.29, 0.717) is 60.0 Å². The molecule has 1 saturated heterocycles. The number of aliphatic hydroxyl groups excluding tert-OH is 1. The normalized spacial score (nSPS) is 18.3. The van der Waals surface area contributed by atoms with Gasteiger partial charge in [-0.1, -0.05) is 0 Å². The fourth-order valence-corrected chi connectivity index (χ4v) is 5.81. The molecule has 0 bridgehead atoms. The second-order valence-electron chi connectivity index (χ2n) is 9.48. The third kappa shape index (κ3) is 4.11. The first-order chi connectivity index (χ1) is 17.7. The number of carbonyl (C=O) groups is 1. The highest BCUT2D eigenvalue weighted by atomic mass is 32.2. The third-order valence-corrected chi connectivity index (χ3v) is 8.47. The van der Waals surface area contributed by atoms with Crippen LogP contribution in [0.15, 0.2) is 36.9 Å². The Morgan fingerprint density at radius 1 is 1.14 bits per heavy atom. The summed E-state index contributed by atoms with van der Waals surface area (Å²) < 4.78 is 27.7. The number of amides is 1. The van der Waals surface area contributed by atoms with Crippen LogP contribution < -0.4 is 10.2 Å². The van der Waals surface area contributed by atoms with Crippen molar-refractivity contribution < 1.29 is 18.3 Å². The van der Waals surface area contributed by atoms with Gasteiger partial charge >= 0.3 is 0 Å². The van der Waals surface area contributed by atoms with E-state index < -0.39 is 16.1 Å². The van der Waals surface area contributed by atoms with E-state index in [2.05, 4.69) is 30.5 Å². The van der Waals surface area contributed by atoms with Crippen LogP contribution in [0.2, 0.25) is 0 Å². The van der Waals surface area contributed by atoms with E-state index in [1.54, 1.807) is 18.5 Å². The Labute approximate surface area is 212 Å². The molecule has 14 heteroatoms. The highest BCUT2D eigenvalue weighted by molar-refractivity contribution is 7.90. The van der Waals surface area contributed by atoms with Gasteiger partial charge in [-0.25, -0.2) is 23.4 Å². The lowest BCUT2D eigenvalue weighted by Gasteiger charge is -2.13. The summed E-state index contributed by atoms with van der Waals surface area (Å²) in [5.41, 5.74) is 1.26. The molecule has 0 aromatic carbocycles. The van der Waals surface area contributed by atoms with Gasteiger partial charge in [-0.05, 0) is 32.8 Å². The van der Waals surface area contributed by atoms with Crippen LogP contribution in [-0.4, -0.2) is 71.2 Å². The maximum Gasteiger partial charge on any atom is 0.257 e. The number of fused-ring (bicyclic) bond motifs is 1. The summed E-state index contributed by atoms with van der Waals surface area (Å²) >= 11 is 0. The SMILES string of the molecule is CC(C)n1nc(N2CC[C@@H](O)C2=O)c2cnc(Nc3ccnc(-c4cnn(S(=O)(=O)C5CC5)c4)n3)cc21. The van der Waals surface area contributed by atoms with Gasteiger partial charge in [0.15, 0.2) is 11.6 Å². The van der Waals surface area contributed by atoms with Gasteiger partial charge < -0.3 is 10.4 Å². The van der Waals surface area contributed by atoms with Crippen LogP contribution in [-0.2, 0) is 14.8 Å². The second-order valence-corrected chi connectivity index (χ2v) is 11.6. The number of anilines is 3. The van der Waals surface area contributed by atoms with E-state index in [4.69, 9.17) is 0 Å². The zero-order chi connectivity index (χ0) is 25.9. The van der Waals surface area contributed by atoms with Crippen molar-refractivity contribution in [3.05, 3.63) is 36.9 Å². The Morgan fingerprint density at radius 3 is 2.65 bits per heavy atom. The van der Waals surface area contributed by atoms with E-state index in [0.717, 1.165) is 9.60 Å². The molecule has 2 fully saturated rings. The van der Waals surface area contributed by atoms with E-state index in [-0.39, 0.29) is 17.2 Å². The van der Waals surface area contributed by atoms with E-state index in [1.807, 2.05) is 24.6 Å². The molecule has 13 nitrogen and oxygen atoms in total. The van der Waals surface area contributed by atoms with Gasteiger partial charge in [-0.2, -0.15) is 14.3 Å². The molecule has 2 aliphatic rings. The molecule has 1 aliphatic carbocycles. The molecule has 0 spiro atoms. The lowest BCUT2D eigenvalue weighted by molar-refractivity contribution is -0.124. The summed E-state index contributed by atoms with van der Waals surface area (Å²) in [4.78, 5) is 27.2. The number of pyridine rings is 1. The number of aliphatic hydroxyl groups is 1. The Bertz CT molecular complexity index is 1620. The van der Waals surface area contributed by atoms with Crippen LogP contribution in [0.3, 0.4) is 0 Å². The largest absolute Gasteiger partial charge is 0.383 e. The fourth-order valence-electron chi connectivity index (χ4n) is 4.33. The minimum atomic E-state index is -3.48. The first-order valence-corrected chi connectivity index (χ1v) is 13.5. The number of aromatic nitrogens is 7. The highest BCUT2D eigenvalue weighted by Gasteiger charge is 2.38. The number of carbonyl (C=O) groups excluding carboxylic acids is 1. The van der Waals surface area contributed by atoms with Crippen molar-refractivity contribution in [1.82, 2.24) is 33.9 Å². The van der Waals surface area contributed by atoms with Crippen molar-refractivity contribution in [3.8, 4) is 11.4 Å². The van der Waals surface area contributed by atoms with Gasteiger partial charge in [0.05, 0.1) is 34.1 Å². The molecule has 1 saturated carbocycles. The first-order valence-electron chi connectivity index (χ1n) is 12.0. The van der Waals surface area contributed by atoms with Crippen LogP contribution in [0.5, 0.6) is 0 Å². The molecule has 37 heavy (non-hydrogen) atoms. The number of hydrogen-bond donors (Lipinski definition) is 2. The zero-order valence-electron chi connectivity index (χ0n) is 20.2. The maximum absolute atomic E-state index is 12.4. The van der Waals surface area contributed by atoms with E-state index in [1.165, 1.54) is 17.3 Å². The van der Waals surface area contributed by atoms with E-state index >= 15 is 0 Å². The lowest BCUT2D eigenvalue weighted by atomic mass is 10.2. The van der Waals surface area contributed by atoms with E-state index in [9.17, 15) is 18.3 Å². The van der Waals surface area contributed by atoms with Gasteiger partial charge in [0.1, 0.15) is 17.7 Å². The molecule has 192 valence electrons. The topological polar surface area (TPSA) is 161 Å². The quantitative estimate of drug-likeness (QED) is 0.366. The standard InChI is InChI=1S/C23H25N9O4S/c1-13(2)32-17-9-20(25-11-16(17)22(29-32)30-8-6-18(33)23(30)34)27-19-5-7-24-21(28-19)14-10-26-31(12-14)37(35,36)15-3-4-15/h5,7,9-13,15,18,33H,3-4,6,8H2,1-2H3,(H,24,25,27,28)/t18-/m1/s1. The molecule has 4 aromatic heterocycles. The Morgan fingerprint density at radius 2 is 1.95 bits per heavy atom. The molecular weight excluding hydrogens is 498 g/mol. The third-order valence-electron chi connectivity index (χ3n) is 6.43. The van der Waals surface area contributed by atoms with Gasteiger partial charge in [0, 0.05) is 37.5 Å². The number of hydrogen-bond acceptors (Lipinski definition) is 10. The van der Waals surface area contributed by atoms with Crippen LogP contribution in [0.1, 0.15) is 39.2 Å². The van der Waals surface area contributed by atoms with Crippen LogP contribution in [0.4, 0.5) is 17.5 Å². The predicted molar refractivity (Wildman–Crippen MR) is 135 cm³/mol. The average Bonchev–Trinajstić information content (AvgIpc) is 3.37. The summed E-state index contributed by atoms with van der Waals surface area (Å²) in [5.74, 6) is 1.41.